The number of ether oxygens (including phenoxy) is 2. The molecule has 1 aliphatic heterocycles. The van der Waals surface area contributed by atoms with E-state index in [1.807, 2.05) is 0 Å². The highest BCUT2D eigenvalue weighted by atomic mass is 16.5. The SMILES string of the molecule is CC(=O)OC1CCC2C3CCC4CC(=O)OCCC4(C)C3CCC12C. The Labute approximate surface area is 151 Å². The number of rotatable bonds is 1. The first-order valence-corrected chi connectivity index (χ1v) is 10.2. The molecule has 4 fully saturated rings. The number of cyclic esters (lactones) is 1. The minimum Gasteiger partial charge on any atom is -0.466 e. The van der Waals surface area contributed by atoms with E-state index in [1.165, 1.54) is 26.2 Å². The highest BCUT2D eigenvalue weighted by molar-refractivity contribution is 5.70. The number of hydrogen-bond acceptors (Lipinski definition) is 4. The Bertz CT molecular complexity index is 572. The van der Waals surface area contributed by atoms with Gasteiger partial charge >= 0.3 is 11.9 Å². The normalized spacial score (nSPS) is 49.2. The van der Waals surface area contributed by atoms with Crippen LogP contribution in [-0.4, -0.2) is 24.6 Å². The Morgan fingerprint density at radius 2 is 1.80 bits per heavy atom. The van der Waals surface area contributed by atoms with Crippen LogP contribution in [0.1, 0.15) is 72.1 Å². The van der Waals surface area contributed by atoms with Crippen LogP contribution in [0, 0.1) is 34.5 Å². The second kappa shape index (κ2) is 5.99. The molecule has 3 aliphatic carbocycles. The van der Waals surface area contributed by atoms with Gasteiger partial charge < -0.3 is 9.47 Å². The number of hydrogen-bond donors (Lipinski definition) is 0. The van der Waals surface area contributed by atoms with Crippen molar-refractivity contribution < 1.29 is 19.1 Å². The molecular formula is C21H32O4. The fourth-order valence-electron chi connectivity index (χ4n) is 7.25. The van der Waals surface area contributed by atoms with Gasteiger partial charge in [0.2, 0.25) is 0 Å². The van der Waals surface area contributed by atoms with Gasteiger partial charge in [0.1, 0.15) is 6.10 Å². The summed E-state index contributed by atoms with van der Waals surface area (Å²) in [6, 6.07) is 0. The number of carbonyl (C=O) groups is 2. The third-order valence-corrected chi connectivity index (χ3v) is 8.60. The van der Waals surface area contributed by atoms with Crippen molar-refractivity contribution in [3.8, 4) is 0 Å². The van der Waals surface area contributed by atoms with Crippen LogP contribution in [0.25, 0.3) is 0 Å². The summed E-state index contributed by atoms with van der Waals surface area (Å²) in [6.07, 6.45) is 8.66. The van der Waals surface area contributed by atoms with Crippen LogP contribution >= 0.6 is 0 Å². The first-order chi connectivity index (χ1) is 11.8. The smallest absolute Gasteiger partial charge is 0.306 e. The zero-order valence-electron chi connectivity index (χ0n) is 15.9. The minimum atomic E-state index is -0.135. The molecule has 0 bridgehead atoms. The fourth-order valence-corrected chi connectivity index (χ4v) is 7.25. The van der Waals surface area contributed by atoms with Gasteiger partial charge in [-0.2, -0.15) is 0 Å². The molecule has 0 amide bonds. The van der Waals surface area contributed by atoms with Gasteiger partial charge in [-0.25, -0.2) is 0 Å². The summed E-state index contributed by atoms with van der Waals surface area (Å²) in [5.74, 6) is 2.42. The maximum Gasteiger partial charge on any atom is 0.306 e. The summed E-state index contributed by atoms with van der Waals surface area (Å²) in [6.45, 7) is 6.92. The van der Waals surface area contributed by atoms with E-state index in [0.717, 1.165) is 25.7 Å². The van der Waals surface area contributed by atoms with Gasteiger partial charge in [-0.15, -0.1) is 0 Å². The molecule has 0 spiro atoms. The number of carbonyl (C=O) groups excluding carboxylic acids is 2. The van der Waals surface area contributed by atoms with Crippen molar-refractivity contribution in [3.05, 3.63) is 0 Å². The van der Waals surface area contributed by atoms with Gasteiger partial charge in [0.15, 0.2) is 0 Å². The molecule has 3 saturated carbocycles. The van der Waals surface area contributed by atoms with E-state index in [1.54, 1.807) is 0 Å². The zero-order valence-corrected chi connectivity index (χ0v) is 15.9. The van der Waals surface area contributed by atoms with E-state index in [0.29, 0.717) is 36.7 Å². The minimum absolute atomic E-state index is 0.00334. The molecular weight excluding hydrogens is 316 g/mol. The lowest BCUT2D eigenvalue weighted by atomic mass is 9.47. The van der Waals surface area contributed by atoms with Crippen molar-refractivity contribution in [2.24, 2.45) is 34.5 Å². The first kappa shape index (κ1) is 17.4. The van der Waals surface area contributed by atoms with Gasteiger partial charge in [-0.05, 0) is 74.0 Å². The topological polar surface area (TPSA) is 52.6 Å². The Kier molecular flexibility index (Phi) is 4.16. The van der Waals surface area contributed by atoms with Crippen LogP contribution in [0.3, 0.4) is 0 Å². The fraction of sp³-hybridized carbons (Fsp3) is 0.905. The van der Waals surface area contributed by atoms with Gasteiger partial charge in [-0.3, -0.25) is 9.59 Å². The van der Waals surface area contributed by atoms with Crippen molar-refractivity contribution in [1.29, 1.82) is 0 Å². The van der Waals surface area contributed by atoms with Gasteiger partial charge in [-0.1, -0.05) is 13.8 Å². The average Bonchev–Trinajstić information content (AvgIpc) is 2.77. The first-order valence-electron chi connectivity index (χ1n) is 10.2. The molecule has 7 unspecified atom stereocenters. The molecule has 0 aromatic rings. The van der Waals surface area contributed by atoms with Gasteiger partial charge in [0, 0.05) is 18.8 Å². The average molecular weight is 348 g/mol. The van der Waals surface area contributed by atoms with Crippen molar-refractivity contribution >= 4 is 11.9 Å². The molecule has 4 aliphatic rings. The second-order valence-electron chi connectivity index (χ2n) is 9.55. The van der Waals surface area contributed by atoms with E-state index in [9.17, 15) is 9.59 Å². The molecule has 7 atom stereocenters. The molecule has 0 radical (unpaired) electrons. The maximum atomic E-state index is 11.9. The van der Waals surface area contributed by atoms with Crippen LogP contribution in [0.4, 0.5) is 0 Å². The molecule has 4 heteroatoms. The highest BCUT2D eigenvalue weighted by Crippen LogP contribution is 2.65. The summed E-state index contributed by atoms with van der Waals surface area (Å²) in [7, 11) is 0. The summed E-state index contributed by atoms with van der Waals surface area (Å²) >= 11 is 0. The summed E-state index contributed by atoms with van der Waals surface area (Å²) in [5, 5.41) is 0. The monoisotopic (exact) mass is 348 g/mol. The number of fused-ring (bicyclic) bond motifs is 5. The maximum absolute atomic E-state index is 11.9. The van der Waals surface area contributed by atoms with E-state index >= 15 is 0 Å². The third kappa shape index (κ3) is 2.62. The molecule has 0 aromatic heterocycles. The summed E-state index contributed by atoms with van der Waals surface area (Å²) < 4.78 is 11.1. The Morgan fingerprint density at radius 3 is 2.56 bits per heavy atom. The lowest BCUT2D eigenvalue weighted by Crippen LogP contribution is -2.53. The van der Waals surface area contributed by atoms with Gasteiger partial charge in [0.05, 0.1) is 6.61 Å². The highest BCUT2D eigenvalue weighted by Gasteiger charge is 2.60. The van der Waals surface area contributed by atoms with Crippen molar-refractivity contribution in [2.45, 2.75) is 78.2 Å². The lowest BCUT2D eigenvalue weighted by molar-refractivity contribution is -0.160. The van der Waals surface area contributed by atoms with Crippen LogP contribution in [0.15, 0.2) is 0 Å². The van der Waals surface area contributed by atoms with Gasteiger partial charge in [0.25, 0.3) is 0 Å². The molecule has 25 heavy (non-hydrogen) atoms. The van der Waals surface area contributed by atoms with Crippen molar-refractivity contribution in [1.82, 2.24) is 0 Å². The van der Waals surface area contributed by atoms with Crippen LogP contribution in [-0.2, 0) is 19.1 Å². The van der Waals surface area contributed by atoms with E-state index in [2.05, 4.69) is 13.8 Å². The number of esters is 2. The lowest BCUT2D eigenvalue weighted by Gasteiger charge is -2.58. The molecule has 1 heterocycles. The van der Waals surface area contributed by atoms with Crippen LogP contribution < -0.4 is 0 Å². The predicted molar refractivity (Wildman–Crippen MR) is 93.6 cm³/mol. The van der Waals surface area contributed by atoms with Crippen molar-refractivity contribution in [2.75, 3.05) is 6.61 Å². The standard InChI is InChI=1S/C21H32O4/c1-13(22)25-18-7-6-16-15-5-4-14-12-19(23)24-11-10-20(14,2)17(15)8-9-21(16,18)3/h14-18H,4-12H2,1-3H3. The Morgan fingerprint density at radius 1 is 1.04 bits per heavy atom. The predicted octanol–water partition coefficient (Wildman–Crippen LogP) is 4.11. The molecule has 1 saturated heterocycles. The molecule has 0 N–H and O–H groups in total. The summed E-state index contributed by atoms with van der Waals surface area (Å²) in [4.78, 5) is 23.5. The van der Waals surface area contributed by atoms with Crippen LogP contribution in [0.2, 0.25) is 0 Å². The van der Waals surface area contributed by atoms with Crippen molar-refractivity contribution in [3.63, 3.8) is 0 Å². The van der Waals surface area contributed by atoms with E-state index < -0.39 is 0 Å². The zero-order chi connectivity index (χ0) is 17.8. The Hall–Kier alpha value is -1.06. The van der Waals surface area contributed by atoms with E-state index in [4.69, 9.17) is 9.47 Å². The molecule has 140 valence electrons. The quantitative estimate of drug-likeness (QED) is 0.669. The van der Waals surface area contributed by atoms with Crippen LogP contribution in [0.5, 0.6) is 0 Å². The largest absolute Gasteiger partial charge is 0.466 e. The Balaban J connectivity index is 1.59. The third-order valence-electron chi connectivity index (χ3n) is 8.60. The molecule has 0 aromatic carbocycles. The molecule has 4 nitrogen and oxygen atoms in total. The second-order valence-corrected chi connectivity index (χ2v) is 9.55. The summed E-state index contributed by atoms with van der Waals surface area (Å²) in [5.41, 5.74) is 0.378. The van der Waals surface area contributed by atoms with E-state index in [-0.39, 0.29) is 28.9 Å². The molecule has 4 rings (SSSR count).